The Morgan fingerprint density at radius 3 is 2.39 bits per heavy atom. The van der Waals surface area contributed by atoms with E-state index in [1.165, 1.54) is 36.7 Å². The first-order chi connectivity index (χ1) is 15.8. The van der Waals surface area contributed by atoms with Gasteiger partial charge in [-0.25, -0.2) is 17.8 Å². The van der Waals surface area contributed by atoms with E-state index >= 15 is 0 Å². The molecule has 33 heavy (non-hydrogen) atoms. The number of amides is 1. The Bertz CT molecular complexity index is 1370. The van der Waals surface area contributed by atoms with Gasteiger partial charge in [0.05, 0.1) is 16.9 Å². The summed E-state index contributed by atoms with van der Waals surface area (Å²) in [5, 5.41) is 3.19. The van der Waals surface area contributed by atoms with E-state index in [1.807, 2.05) is 0 Å². The third-order valence-electron chi connectivity index (χ3n) is 4.77. The van der Waals surface area contributed by atoms with Crippen molar-refractivity contribution < 1.29 is 17.6 Å². The third-order valence-corrected chi connectivity index (χ3v) is 6.42. The first-order valence-corrected chi connectivity index (χ1v) is 11.6. The highest BCUT2D eigenvalue weighted by Crippen LogP contribution is 2.19. The molecule has 4 rings (SSSR count). The average molecular weight is 485 g/mol. The zero-order valence-electron chi connectivity index (χ0n) is 17.1. The number of hydrogen-bond donors (Lipinski definition) is 2. The highest BCUT2D eigenvalue weighted by Gasteiger charge is 2.15. The van der Waals surface area contributed by atoms with Gasteiger partial charge in [0.1, 0.15) is 5.82 Å². The van der Waals surface area contributed by atoms with Gasteiger partial charge < -0.3 is 9.88 Å². The number of sulfonamides is 1. The summed E-state index contributed by atoms with van der Waals surface area (Å²) in [6, 6.07) is 16.4. The zero-order valence-corrected chi connectivity index (χ0v) is 18.6. The number of aromatic nitrogens is 2. The van der Waals surface area contributed by atoms with Crippen molar-refractivity contribution in [2.75, 3.05) is 4.72 Å². The summed E-state index contributed by atoms with van der Waals surface area (Å²) in [5.74, 6) is -0.855. The molecule has 2 N–H and O–H groups in total. The predicted molar refractivity (Wildman–Crippen MR) is 123 cm³/mol. The van der Waals surface area contributed by atoms with Crippen LogP contribution in [0.2, 0.25) is 5.02 Å². The summed E-state index contributed by atoms with van der Waals surface area (Å²) in [5.41, 5.74) is 1.58. The van der Waals surface area contributed by atoms with E-state index in [2.05, 4.69) is 15.0 Å². The van der Waals surface area contributed by atoms with Crippen molar-refractivity contribution in [1.29, 1.82) is 0 Å². The molecule has 0 saturated heterocycles. The molecule has 0 bridgehead atoms. The molecule has 0 spiro atoms. The summed E-state index contributed by atoms with van der Waals surface area (Å²) in [4.78, 5) is 16.3. The van der Waals surface area contributed by atoms with Crippen LogP contribution in [0.25, 0.3) is 5.69 Å². The lowest BCUT2D eigenvalue weighted by molar-refractivity contribution is 0.0950. The molecule has 0 aliphatic heterocycles. The molecule has 1 amide bonds. The number of halogens is 2. The number of anilines is 1. The van der Waals surface area contributed by atoms with Crippen LogP contribution in [-0.4, -0.2) is 23.9 Å². The normalized spacial score (nSPS) is 11.2. The van der Waals surface area contributed by atoms with Crippen LogP contribution in [0.15, 0.2) is 90.3 Å². The Morgan fingerprint density at radius 1 is 1.03 bits per heavy atom. The van der Waals surface area contributed by atoms with Crippen LogP contribution < -0.4 is 10.0 Å². The fourth-order valence-electron chi connectivity index (χ4n) is 3.07. The minimum atomic E-state index is -3.82. The van der Waals surface area contributed by atoms with E-state index in [1.54, 1.807) is 53.4 Å². The molecule has 1 aromatic heterocycles. The van der Waals surface area contributed by atoms with Crippen molar-refractivity contribution in [3.05, 3.63) is 107 Å². The van der Waals surface area contributed by atoms with Gasteiger partial charge >= 0.3 is 0 Å². The minimum absolute atomic E-state index is 0.00571. The summed E-state index contributed by atoms with van der Waals surface area (Å²) in [7, 11) is -3.82. The summed E-state index contributed by atoms with van der Waals surface area (Å²) in [6.07, 6.45) is 4.68. The first kappa shape index (κ1) is 22.5. The molecule has 0 fully saturated rings. The van der Waals surface area contributed by atoms with Crippen molar-refractivity contribution in [3.8, 4) is 5.69 Å². The van der Waals surface area contributed by atoms with Gasteiger partial charge in [0.25, 0.3) is 15.9 Å². The van der Waals surface area contributed by atoms with Crippen LogP contribution in [0.3, 0.4) is 0 Å². The summed E-state index contributed by atoms with van der Waals surface area (Å²) >= 11 is 5.81. The van der Waals surface area contributed by atoms with Gasteiger partial charge in [0, 0.05) is 35.2 Å². The number of nitrogens with zero attached hydrogens (tertiary/aromatic N) is 2. The van der Waals surface area contributed by atoms with Crippen molar-refractivity contribution in [2.24, 2.45) is 0 Å². The predicted octanol–water partition coefficient (Wildman–Crippen LogP) is 4.40. The van der Waals surface area contributed by atoms with Gasteiger partial charge in [0.2, 0.25) is 0 Å². The Hall–Kier alpha value is -3.69. The number of rotatable bonds is 7. The molecule has 168 valence electrons. The minimum Gasteiger partial charge on any atom is -0.348 e. The second-order valence-corrected chi connectivity index (χ2v) is 9.19. The Labute approximate surface area is 194 Å². The van der Waals surface area contributed by atoms with Crippen LogP contribution in [0, 0.1) is 5.82 Å². The molecule has 0 aliphatic rings. The molecule has 1 heterocycles. The lowest BCUT2D eigenvalue weighted by Gasteiger charge is -2.10. The topological polar surface area (TPSA) is 93.1 Å². The Morgan fingerprint density at radius 2 is 1.76 bits per heavy atom. The maximum absolute atomic E-state index is 14.4. The maximum Gasteiger partial charge on any atom is 0.261 e. The SMILES string of the molecule is O=C(NCc1ccc(-n2ccnc2)c(F)c1)c1ccc(S(=O)(=O)Nc2ccc(Cl)cc2)cc1. The molecule has 0 aliphatic carbocycles. The van der Waals surface area contributed by atoms with Crippen LogP contribution in [0.5, 0.6) is 0 Å². The number of imidazole rings is 1. The van der Waals surface area contributed by atoms with Crippen LogP contribution in [-0.2, 0) is 16.6 Å². The van der Waals surface area contributed by atoms with Crippen LogP contribution in [0.4, 0.5) is 10.1 Å². The first-order valence-electron chi connectivity index (χ1n) is 9.75. The van der Waals surface area contributed by atoms with Gasteiger partial charge in [0.15, 0.2) is 0 Å². The summed E-state index contributed by atoms with van der Waals surface area (Å²) in [6.45, 7) is 0.109. The molecule has 0 saturated carbocycles. The number of carbonyl (C=O) groups is 1. The molecule has 3 aromatic carbocycles. The Balaban J connectivity index is 1.39. The monoisotopic (exact) mass is 484 g/mol. The molecular formula is C23H18ClFN4O3S. The quantitative estimate of drug-likeness (QED) is 0.406. The van der Waals surface area contributed by atoms with E-state index < -0.39 is 21.7 Å². The highest BCUT2D eigenvalue weighted by molar-refractivity contribution is 7.92. The number of carbonyl (C=O) groups excluding carboxylic acids is 1. The molecule has 0 radical (unpaired) electrons. The summed E-state index contributed by atoms with van der Waals surface area (Å²) < 4.78 is 43.4. The maximum atomic E-state index is 14.4. The number of nitrogens with one attached hydrogen (secondary N) is 2. The highest BCUT2D eigenvalue weighted by atomic mass is 35.5. The average Bonchev–Trinajstić information content (AvgIpc) is 3.34. The smallest absolute Gasteiger partial charge is 0.261 e. The second kappa shape index (κ2) is 9.43. The standard InChI is InChI=1S/C23H18ClFN4O3S/c24-18-4-6-19(7-5-18)28-33(31,32)20-8-2-17(3-9-20)23(30)27-14-16-1-10-22(21(25)13-16)29-12-11-26-15-29/h1-13,15,28H,14H2,(H,27,30). The fraction of sp³-hybridized carbons (Fsp3) is 0.0435. The van der Waals surface area contributed by atoms with Gasteiger partial charge in [-0.1, -0.05) is 17.7 Å². The molecule has 4 aromatic rings. The second-order valence-electron chi connectivity index (χ2n) is 7.08. The van der Waals surface area contributed by atoms with Crippen molar-refractivity contribution in [3.63, 3.8) is 0 Å². The van der Waals surface area contributed by atoms with E-state index in [9.17, 15) is 17.6 Å². The molecule has 7 nitrogen and oxygen atoms in total. The van der Waals surface area contributed by atoms with Gasteiger partial charge in [-0.3, -0.25) is 9.52 Å². The van der Waals surface area contributed by atoms with E-state index in [0.717, 1.165) is 0 Å². The largest absolute Gasteiger partial charge is 0.348 e. The molecular weight excluding hydrogens is 467 g/mol. The van der Waals surface area contributed by atoms with Crippen molar-refractivity contribution >= 4 is 33.2 Å². The van der Waals surface area contributed by atoms with E-state index in [0.29, 0.717) is 22.0 Å². The van der Waals surface area contributed by atoms with Crippen LogP contribution in [0.1, 0.15) is 15.9 Å². The van der Waals surface area contributed by atoms with Crippen molar-refractivity contribution in [2.45, 2.75) is 11.4 Å². The number of hydrogen-bond acceptors (Lipinski definition) is 4. The lowest BCUT2D eigenvalue weighted by atomic mass is 10.1. The molecule has 0 atom stereocenters. The fourth-order valence-corrected chi connectivity index (χ4v) is 4.26. The lowest BCUT2D eigenvalue weighted by Crippen LogP contribution is -2.23. The van der Waals surface area contributed by atoms with Crippen LogP contribution >= 0.6 is 11.6 Å². The number of benzene rings is 3. The van der Waals surface area contributed by atoms with Gasteiger partial charge in [-0.2, -0.15) is 0 Å². The van der Waals surface area contributed by atoms with E-state index in [4.69, 9.17) is 11.6 Å². The van der Waals surface area contributed by atoms with Gasteiger partial charge in [-0.05, 0) is 66.2 Å². The van der Waals surface area contributed by atoms with Gasteiger partial charge in [-0.15, -0.1) is 0 Å². The van der Waals surface area contributed by atoms with E-state index in [-0.39, 0.29) is 17.0 Å². The Kier molecular flexibility index (Phi) is 6.43. The zero-order chi connectivity index (χ0) is 23.4. The molecule has 10 heteroatoms. The van der Waals surface area contributed by atoms with Crippen molar-refractivity contribution in [1.82, 2.24) is 14.9 Å². The molecule has 0 unspecified atom stereocenters. The third kappa shape index (κ3) is 5.39.